The number of benzene rings is 1. The molecule has 0 bridgehead atoms. The van der Waals surface area contributed by atoms with Crippen molar-refractivity contribution in [3.05, 3.63) is 35.9 Å². The van der Waals surface area contributed by atoms with E-state index in [9.17, 15) is 29.1 Å². The number of nitrogens with one attached hydrogen (secondary N) is 3. The van der Waals surface area contributed by atoms with E-state index in [4.69, 9.17) is 22.3 Å². The zero-order valence-corrected chi connectivity index (χ0v) is 22.1. The van der Waals surface area contributed by atoms with Crippen LogP contribution in [-0.2, 0) is 30.4 Å². The molecule has 3 amide bonds. The van der Waals surface area contributed by atoms with Crippen molar-refractivity contribution in [2.24, 2.45) is 28.1 Å². The van der Waals surface area contributed by atoms with Gasteiger partial charge in [-0.05, 0) is 24.3 Å². The Labute approximate surface area is 226 Å². The molecule has 1 aromatic carbocycles. The van der Waals surface area contributed by atoms with E-state index in [1.54, 1.807) is 30.3 Å². The summed E-state index contributed by atoms with van der Waals surface area (Å²) in [6, 6.07) is 3.89. The number of carbonyl (C=O) groups is 5. The summed E-state index contributed by atoms with van der Waals surface area (Å²) >= 11 is 0. The van der Waals surface area contributed by atoms with Crippen molar-refractivity contribution in [2.45, 2.75) is 70.1 Å². The van der Waals surface area contributed by atoms with E-state index < -0.39 is 60.2 Å². The number of carboxylic acids is 2. The molecule has 11 N–H and O–H groups in total. The predicted octanol–water partition coefficient (Wildman–Crippen LogP) is -1.33. The summed E-state index contributed by atoms with van der Waals surface area (Å²) in [5.41, 5.74) is 17.4. The van der Waals surface area contributed by atoms with Crippen LogP contribution in [0.3, 0.4) is 0 Å². The third-order valence-electron chi connectivity index (χ3n) is 6.05. The molecule has 216 valence electrons. The average Bonchev–Trinajstić information content (AvgIpc) is 2.88. The number of guanidine groups is 1. The summed E-state index contributed by atoms with van der Waals surface area (Å²) in [6.07, 6.45) is 0.0810. The summed E-state index contributed by atoms with van der Waals surface area (Å²) < 4.78 is 0. The first-order chi connectivity index (χ1) is 18.3. The lowest BCUT2D eigenvalue weighted by Crippen LogP contribution is -2.58. The van der Waals surface area contributed by atoms with Gasteiger partial charge in [0.25, 0.3) is 0 Å². The molecule has 1 rings (SSSR count). The first kappa shape index (κ1) is 32.8. The van der Waals surface area contributed by atoms with Gasteiger partial charge in [0.15, 0.2) is 5.96 Å². The molecule has 0 spiro atoms. The Morgan fingerprint density at radius 1 is 0.897 bits per heavy atom. The summed E-state index contributed by atoms with van der Waals surface area (Å²) in [5.74, 6) is -5.47. The van der Waals surface area contributed by atoms with E-state index in [1.807, 2.05) is 13.8 Å². The highest BCUT2D eigenvalue weighted by atomic mass is 16.4. The maximum absolute atomic E-state index is 13.4. The number of aliphatic imine (C=N–C) groups is 1. The van der Waals surface area contributed by atoms with E-state index in [0.717, 1.165) is 5.56 Å². The Hall–Kier alpha value is -4.20. The molecule has 1 aromatic rings. The van der Waals surface area contributed by atoms with E-state index in [2.05, 4.69) is 20.9 Å². The van der Waals surface area contributed by atoms with Crippen molar-refractivity contribution >= 4 is 35.6 Å². The van der Waals surface area contributed by atoms with Crippen molar-refractivity contribution in [3.8, 4) is 0 Å². The minimum atomic E-state index is -1.72. The third-order valence-corrected chi connectivity index (χ3v) is 6.05. The topological polar surface area (TPSA) is 252 Å². The first-order valence-corrected chi connectivity index (χ1v) is 12.6. The van der Waals surface area contributed by atoms with E-state index in [1.165, 1.54) is 0 Å². The maximum Gasteiger partial charge on any atom is 0.326 e. The number of nitrogens with two attached hydrogens (primary N) is 3. The molecule has 14 nitrogen and oxygen atoms in total. The van der Waals surface area contributed by atoms with Crippen LogP contribution in [0.25, 0.3) is 0 Å². The SMILES string of the molecule is CCC(C)C(N)C(=O)NC(Cc1ccccc1)C(=O)NC(CCCN=C(N)N)C(=O)NC(CC(=O)O)C(=O)O. The molecule has 5 atom stereocenters. The molecule has 0 saturated heterocycles. The normalized spacial score (nSPS) is 14.5. The van der Waals surface area contributed by atoms with E-state index in [-0.39, 0.29) is 37.7 Å². The molecule has 0 fully saturated rings. The van der Waals surface area contributed by atoms with Crippen LogP contribution in [0.5, 0.6) is 0 Å². The highest BCUT2D eigenvalue weighted by molar-refractivity contribution is 5.94. The molecule has 0 aliphatic rings. The van der Waals surface area contributed by atoms with Gasteiger partial charge < -0.3 is 43.4 Å². The molecule has 5 unspecified atom stereocenters. The maximum atomic E-state index is 13.4. The molecule has 0 aromatic heterocycles. The van der Waals surface area contributed by atoms with Crippen LogP contribution in [0.2, 0.25) is 0 Å². The van der Waals surface area contributed by atoms with Gasteiger partial charge in [-0.15, -0.1) is 0 Å². The van der Waals surface area contributed by atoms with Gasteiger partial charge in [0.1, 0.15) is 18.1 Å². The fraction of sp³-hybridized carbons (Fsp3) is 0.520. The zero-order chi connectivity index (χ0) is 29.5. The molecule has 39 heavy (non-hydrogen) atoms. The summed E-state index contributed by atoms with van der Waals surface area (Å²) in [7, 11) is 0. The fourth-order valence-corrected chi connectivity index (χ4v) is 3.53. The highest BCUT2D eigenvalue weighted by Gasteiger charge is 2.31. The Bertz CT molecular complexity index is 1020. The smallest absolute Gasteiger partial charge is 0.326 e. The van der Waals surface area contributed by atoms with Crippen molar-refractivity contribution in [1.29, 1.82) is 0 Å². The van der Waals surface area contributed by atoms with Crippen molar-refractivity contribution < 1.29 is 34.2 Å². The number of rotatable bonds is 17. The van der Waals surface area contributed by atoms with Crippen LogP contribution in [0.1, 0.15) is 45.1 Å². The van der Waals surface area contributed by atoms with Crippen molar-refractivity contribution in [1.82, 2.24) is 16.0 Å². The van der Waals surface area contributed by atoms with Crippen LogP contribution < -0.4 is 33.2 Å². The van der Waals surface area contributed by atoms with Crippen LogP contribution >= 0.6 is 0 Å². The van der Waals surface area contributed by atoms with Gasteiger partial charge in [-0.3, -0.25) is 24.2 Å². The summed E-state index contributed by atoms with van der Waals surface area (Å²) in [5, 5.41) is 25.6. The Kier molecular flexibility index (Phi) is 14.0. The van der Waals surface area contributed by atoms with Gasteiger partial charge in [-0.1, -0.05) is 50.6 Å². The monoisotopic (exact) mass is 549 g/mol. The lowest BCUT2D eigenvalue weighted by molar-refractivity contribution is -0.147. The van der Waals surface area contributed by atoms with Gasteiger partial charge >= 0.3 is 11.9 Å². The molecule has 0 aliphatic heterocycles. The quantitative estimate of drug-likeness (QED) is 0.0645. The zero-order valence-electron chi connectivity index (χ0n) is 22.1. The Balaban J connectivity index is 3.18. The lowest BCUT2D eigenvalue weighted by atomic mass is 9.98. The predicted molar refractivity (Wildman–Crippen MR) is 143 cm³/mol. The third kappa shape index (κ3) is 12.3. The number of hydrogen-bond donors (Lipinski definition) is 8. The van der Waals surface area contributed by atoms with Gasteiger partial charge in [-0.25, -0.2) is 4.79 Å². The van der Waals surface area contributed by atoms with Gasteiger partial charge in [0, 0.05) is 13.0 Å². The van der Waals surface area contributed by atoms with Gasteiger partial charge in [0.05, 0.1) is 12.5 Å². The second-order valence-corrected chi connectivity index (χ2v) is 9.17. The van der Waals surface area contributed by atoms with E-state index in [0.29, 0.717) is 6.42 Å². The molecule has 0 heterocycles. The molecule has 0 saturated carbocycles. The molecule has 0 radical (unpaired) electrons. The molecule has 0 aliphatic carbocycles. The molecular weight excluding hydrogens is 510 g/mol. The second-order valence-electron chi connectivity index (χ2n) is 9.17. The summed E-state index contributed by atoms with van der Waals surface area (Å²) in [4.78, 5) is 65.5. The van der Waals surface area contributed by atoms with Crippen LogP contribution in [0.15, 0.2) is 35.3 Å². The van der Waals surface area contributed by atoms with Crippen molar-refractivity contribution in [3.63, 3.8) is 0 Å². The summed E-state index contributed by atoms with van der Waals surface area (Å²) in [6.45, 7) is 3.81. The van der Waals surface area contributed by atoms with Crippen LogP contribution in [0, 0.1) is 5.92 Å². The van der Waals surface area contributed by atoms with Gasteiger partial charge in [0.2, 0.25) is 17.7 Å². The lowest BCUT2D eigenvalue weighted by Gasteiger charge is -2.26. The minimum Gasteiger partial charge on any atom is -0.481 e. The Morgan fingerprint density at radius 2 is 1.46 bits per heavy atom. The van der Waals surface area contributed by atoms with Crippen molar-refractivity contribution in [2.75, 3.05) is 6.54 Å². The fourth-order valence-electron chi connectivity index (χ4n) is 3.53. The standard InChI is InChI=1S/C25H39N7O7/c1-3-14(2)20(26)23(37)31-17(12-15-8-5-4-6-9-15)22(36)30-16(10-7-11-29-25(27)28)21(35)32-18(24(38)39)13-19(33)34/h4-6,8-9,14,16-18,20H,3,7,10-13,26H2,1-2H3,(H,30,36)(H,31,37)(H,32,35)(H,33,34)(H,38,39)(H4,27,28,29). The number of amides is 3. The number of hydrogen-bond acceptors (Lipinski definition) is 7. The second kappa shape index (κ2) is 16.6. The number of carboxylic acid groups (broad SMARTS) is 2. The Morgan fingerprint density at radius 3 is 2.00 bits per heavy atom. The first-order valence-electron chi connectivity index (χ1n) is 12.6. The van der Waals surface area contributed by atoms with Gasteiger partial charge in [-0.2, -0.15) is 0 Å². The van der Waals surface area contributed by atoms with Crippen LogP contribution in [0.4, 0.5) is 0 Å². The van der Waals surface area contributed by atoms with Crippen LogP contribution in [-0.4, -0.2) is 76.5 Å². The molecular formula is C25H39N7O7. The molecule has 14 heteroatoms. The highest BCUT2D eigenvalue weighted by Crippen LogP contribution is 2.09. The number of aliphatic carboxylic acids is 2. The number of nitrogens with zero attached hydrogens (tertiary/aromatic N) is 1. The average molecular weight is 550 g/mol. The number of carbonyl (C=O) groups excluding carboxylic acids is 3. The largest absolute Gasteiger partial charge is 0.481 e. The minimum absolute atomic E-state index is 0.00779. The van der Waals surface area contributed by atoms with E-state index >= 15 is 0 Å².